The number of esters is 1. The van der Waals surface area contributed by atoms with Gasteiger partial charge in [-0.3, -0.25) is 0 Å². The maximum atomic E-state index is 11.9. The fourth-order valence-corrected chi connectivity index (χ4v) is 2.45. The molecule has 0 unspecified atom stereocenters. The van der Waals surface area contributed by atoms with Gasteiger partial charge in [0, 0.05) is 18.1 Å². The van der Waals surface area contributed by atoms with E-state index >= 15 is 0 Å². The van der Waals surface area contributed by atoms with Crippen LogP contribution in [0.3, 0.4) is 0 Å². The summed E-state index contributed by atoms with van der Waals surface area (Å²) in [5.74, 6) is 0.120. The Morgan fingerprint density at radius 1 is 1.19 bits per heavy atom. The van der Waals surface area contributed by atoms with Crippen molar-refractivity contribution in [3.63, 3.8) is 0 Å². The molecule has 0 spiro atoms. The first-order valence-corrected chi connectivity index (χ1v) is 8.22. The van der Waals surface area contributed by atoms with E-state index in [1.807, 2.05) is 35.9 Å². The molecule has 0 bridgehead atoms. The zero-order chi connectivity index (χ0) is 18.4. The first-order valence-electron chi connectivity index (χ1n) is 8.22. The van der Waals surface area contributed by atoms with Gasteiger partial charge in [-0.2, -0.15) is 0 Å². The number of carbonyl (C=O) groups is 1. The lowest BCUT2D eigenvalue weighted by molar-refractivity contribution is -0.147. The molecule has 1 N–H and O–H groups in total. The van der Waals surface area contributed by atoms with Crippen molar-refractivity contribution in [1.82, 2.24) is 9.55 Å². The van der Waals surface area contributed by atoms with E-state index in [1.165, 1.54) is 0 Å². The van der Waals surface area contributed by atoms with Crippen LogP contribution in [0, 0.1) is 6.92 Å². The smallest absolute Gasteiger partial charge is 0.344 e. The Hall–Kier alpha value is -3.12. The molecule has 0 radical (unpaired) electrons. The molecule has 1 aromatic heterocycles. The average molecular weight is 352 g/mol. The van der Waals surface area contributed by atoms with E-state index in [9.17, 15) is 4.79 Å². The topological polar surface area (TPSA) is 73.6 Å². The van der Waals surface area contributed by atoms with E-state index in [0.717, 1.165) is 22.4 Å². The quantitative estimate of drug-likeness (QED) is 0.662. The van der Waals surface area contributed by atoms with Gasteiger partial charge in [0.05, 0.1) is 12.9 Å². The number of rotatable bonds is 7. The van der Waals surface area contributed by atoms with Crippen molar-refractivity contribution in [1.29, 1.82) is 0 Å². The summed E-state index contributed by atoms with van der Waals surface area (Å²) in [5, 5.41) is 9.00. The monoisotopic (exact) mass is 352 g/mol. The van der Waals surface area contributed by atoms with Gasteiger partial charge in [-0.05, 0) is 47.9 Å². The van der Waals surface area contributed by atoms with Crippen LogP contribution < -0.4 is 4.74 Å². The number of nitrogens with zero attached hydrogens (tertiary/aromatic N) is 2. The van der Waals surface area contributed by atoms with Gasteiger partial charge in [-0.25, -0.2) is 9.78 Å². The van der Waals surface area contributed by atoms with Crippen molar-refractivity contribution in [2.75, 3.05) is 6.61 Å². The van der Waals surface area contributed by atoms with Crippen molar-refractivity contribution in [2.24, 2.45) is 0 Å². The molecule has 0 aliphatic carbocycles. The molecule has 6 nitrogen and oxygen atoms in total. The zero-order valence-electron chi connectivity index (χ0n) is 14.5. The van der Waals surface area contributed by atoms with Crippen LogP contribution in [0.1, 0.15) is 16.7 Å². The Kier molecular flexibility index (Phi) is 5.66. The molecular weight excluding hydrogens is 332 g/mol. The minimum absolute atomic E-state index is 0.0265. The van der Waals surface area contributed by atoms with Crippen LogP contribution in [0.25, 0.3) is 5.69 Å². The second kappa shape index (κ2) is 8.31. The van der Waals surface area contributed by atoms with Crippen molar-refractivity contribution in [3.05, 3.63) is 77.9 Å². The molecule has 0 amide bonds. The van der Waals surface area contributed by atoms with Gasteiger partial charge in [0.2, 0.25) is 0 Å². The molecule has 2 aromatic carbocycles. The summed E-state index contributed by atoms with van der Waals surface area (Å²) in [4.78, 5) is 15.9. The first-order chi connectivity index (χ1) is 12.7. The highest BCUT2D eigenvalue weighted by Gasteiger charge is 2.08. The second-order valence-electron chi connectivity index (χ2n) is 5.83. The van der Waals surface area contributed by atoms with Gasteiger partial charge in [0.25, 0.3) is 0 Å². The Morgan fingerprint density at radius 3 is 2.65 bits per heavy atom. The highest BCUT2D eigenvalue weighted by atomic mass is 16.6. The highest BCUT2D eigenvalue weighted by Crippen LogP contribution is 2.16. The largest absolute Gasteiger partial charge is 0.482 e. The van der Waals surface area contributed by atoms with Gasteiger partial charge in [0.15, 0.2) is 6.61 Å². The number of hydrogen-bond acceptors (Lipinski definition) is 5. The normalized spacial score (nSPS) is 10.5. The third-order valence-electron chi connectivity index (χ3n) is 3.98. The lowest BCUT2D eigenvalue weighted by atomic mass is 10.1. The zero-order valence-corrected chi connectivity index (χ0v) is 14.5. The lowest BCUT2D eigenvalue weighted by Crippen LogP contribution is -2.15. The number of aliphatic hydroxyl groups excluding tert-OH is 1. The van der Waals surface area contributed by atoms with Crippen LogP contribution in [-0.2, 0) is 22.7 Å². The molecule has 0 fully saturated rings. The summed E-state index contributed by atoms with van der Waals surface area (Å²) < 4.78 is 12.6. The van der Waals surface area contributed by atoms with Crippen molar-refractivity contribution >= 4 is 5.97 Å². The molecule has 134 valence electrons. The molecule has 0 aliphatic heterocycles. The summed E-state index contributed by atoms with van der Waals surface area (Å²) in [7, 11) is 0. The number of ether oxygens (including phenoxy) is 2. The summed E-state index contributed by atoms with van der Waals surface area (Å²) in [6, 6.07) is 12.8. The minimum Gasteiger partial charge on any atom is -0.482 e. The summed E-state index contributed by atoms with van der Waals surface area (Å²) in [6.07, 6.45) is 5.33. The van der Waals surface area contributed by atoms with E-state index in [-0.39, 0.29) is 19.8 Å². The van der Waals surface area contributed by atoms with Crippen LogP contribution in [0.5, 0.6) is 5.75 Å². The van der Waals surface area contributed by atoms with Gasteiger partial charge in [-0.1, -0.05) is 18.2 Å². The number of imidazole rings is 1. The van der Waals surface area contributed by atoms with Gasteiger partial charge in [0.1, 0.15) is 12.4 Å². The minimum atomic E-state index is -0.436. The molecule has 3 rings (SSSR count). The summed E-state index contributed by atoms with van der Waals surface area (Å²) >= 11 is 0. The lowest BCUT2D eigenvalue weighted by Gasteiger charge is -2.11. The predicted molar refractivity (Wildman–Crippen MR) is 96.0 cm³/mol. The maximum Gasteiger partial charge on any atom is 0.344 e. The van der Waals surface area contributed by atoms with E-state index in [1.54, 1.807) is 36.8 Å². The first kappa shape index (κ1) is 17.7. The molecule has 0 atom stereocenters. The van der Waals surface area contributed by atoms with Crippen LogP contribution in [0.4, 0.5) is 0 Å². The molecule has 0 saturated carbocycles. The highest BCUT2D eigenvalue weighted by molar-refractivity contribution is 5.71. The third kappa shape index (κ3) is 4.49. The predicted octanol–water partition coefficient (Wildman–Crippen LogP) is 2.80. The molecular formula is C20H20N2O4. The van der Waals surface area contributed by atoms with E-state index in [2.05, 4.69) is 4.98 Å². The maximum absolute atomic E-state index is 11.9. The van der Waals surface area contributed by atoms with Crippen LogP contribution in [0.2, 0.25) is 0 Å². The van der Waals surface area contributed by atoms with Crippen molar-refractivity contribution in [3.8, 4) is 11.4 Å². The number of aryl methyl sites for hydroxylation is 1. The van der Waals surface area contributed by atoms with Crippen molar-refractivity contribution in [2.45, 2.75) is 20.1 Å². The van der Waals surface area contributed by atoms with Crippen LogP contribution in [0.15, 0.2) is 61.2 Å². The Bertz CT molecular complexity index is 858. The van der Waals surface area contributed by atoms with Crippen molar-refractivity contribution < 1.29 is 19.4 Å². The third-order valence-corrected chi connectivity index (χ3v) is 3.98. The molecule has 3 aromatic rings. The fraction of sp³-hybridized carbons (Fsp3) is 0.200. The number of benzene rings is 2. The molecule has 1 heterocycles. The average Bonchev–Trinajstić information content (AvgIpc) is 3.20. The number of aromatic nitrogens is 2. The second-order valence-corrected chi connectivity index (χ2v) is 5.83. The van der Waals surface area contributed by atoms with Gasteiger partial charge < -0.3 is 19.1 Å². The fourth-order valence-electron chi connectivity index (χ4n) is 2.45. The van der Waals surface area contributed by atoms with E-state index in [0.29, 0.717) is 5.75 Å². The van der Waals surface area contributed by atoms with Crippen LogP contribution in [-0.4, -0.2) is 27.2 Å². The SMILES string of the molecule is Cc1cc(-n2ccnc2)ccc1COC(=O)COc1ccc(CO)cc1. The Labute approximate surface area is 151 Å². The van der Waals surface area contributed by atoms with E-state index in [4.69, 9.17) is 14.6 Å². The summed E-state index contributed by atoms with van der Waals surface area (Å²) in [5.41, 5.74) is 3.76. The molecule has 6 heteroatoms. The Morgan fingerprint density at radius 2 is 2.00 bits per heavy atom. The number of hydrogen-bond donors (Lipinski definition) is 1. The van der Waals surface area contributed by atoms with Gasteiger partial charge in [-0.15, -0.1) is 0 Å². The number of aliphatic hydroxyl groups is 1. The molecule has 0 aliphatic rings. The Balaban J connectivity index is 1.51. The number of carbonyl (C=O) groups excluding carboxylic acids is 1. The molecule has 0 saturated heterocycles. The standard InChI is InChI=1S/C20H20N2O4/c1-15-10-18(22-9-8-21-14-22)5-4-17(15)12-26-20(24)13-25-19-6-2-16(11-23)3-7-19/h2-10,14,23H,11-13H2,1H3. The van der Waals surface area contributed by atoms with Crippen LogP contribution >= 0.6 is 0 Å². The van der Waals surface area contributed by atoms with E-state index < -0.39 is 5.97 Å². The van der Waals surface area contributed by atoms with Gasteiger partial charge >= 0.3 is 5.97 Å². The molecule has 26 heavy (non-hydrogen) atoms. The summed E-state index contributed by atoms with van der Waals surface area (Å²) in [6.45, 7) is 1.98.